The molecule has 2 aliphatic carbocycles. The van der Waals surface area contributed by atoms with Crippen molar-refractivity contribution in [1.29, 1.82) is 0 Å². The molecule has 0 aromatic rings. The molecule has 0 nitrogen and oxygen atoms in total. The van der Waals surface area contributed by atoms with Gasteiger partial charge in [-0.1, -0.05) is 40.5 Å². The molecule has 0 saturated heterocycles. The average Bonchev–Trinajstić information content (AvgIpc) is 2.14. The summed E-state index contributed by atoms with van der Waals surface area (Å²) in [5.74, 6) is 1.95. The molecule has 0 aliphatic heterocycles. The monoisotopic (exact) mass is 194 g/mol. The molecule has 0 heterocycles. The Hall–Kier alpha value is 0. The van der Waals surface area contributed by atoms with E-state index in [1.54, 1.807) is 0 Å². The molecule has 0 amide bonds. The second-order valence-corrected chi connectivity index (χ2v) is 6.70. The predicted molar refractivity (Wildman–Crippen MR) is 62.2 cm³/mol. The van der Waals surface area contributed by atoms with Crippen molar-refractivity contribution in [3.05, 3.63) is 0 Å². The Balaban J connectivity index is 2.24. The van der Waals surface area contributed by atoms with Gasteiger partial charge < -0.3 is 0 Å². The number of fused-ring (bicyclic) bond motifs is 1. The Morgan fingerprint density at radius 2 is 1.64 bits per heavy atom. The maximum absolute atomic E-state index is 2.57. The quantitative estimate of drug-likeness (QED) is 0.527. The van der Waals surface area contributed by atoms with Gasteiger partial charge in [0.2, 0.25) is 0 Å². The first-order valence-corrected chi connectivity index (χ1v) is 6.47. The van der Waals surface area contributed by atoms with E-state index in [4.69, 9.17) is 0 Å². The van der Waals surface area contributed by atoms with Crippen LogP contribution in [0.1, 0.15) is 66.2 Å². The van der Waals surface area contributed by atoms with E-state index in [-0.39, 0.29) is 0 Å². The van der Waals surface area contributed by atoms with E-state index in [1.807, 2.05) is 0 Å². The van der Waals surface area contributed by atoms with E-state index in [2.05, 4.69) is 27.7 Å². The van der Waals surface area contributed by atoms with Gasteiger partial charge in [0.15, 0.2) is 0 Å². The fourth-order valence-corrected chi connectivity index (χ4v) is 4.13. The fraction of sp³-hybridized carbons (Fsp3) is 1.00. The Kier molecular flexibility index (Phi) is 2.44. The second kappa shape index (κ2) is 3.25. The highest BCUT2D eigenvalue weighted by Crippen LogP contribution is 2.58. The lowest BCUT2D eigenvalue weighted by Gasteiger charge is -2.56. The van der Waals surface area contributed by atoms with Gasteiger partial charge in [-0.25, -0.2) is 0 Å². The average molecular weight is 194 g/mol. The van der Waals surface area contributed by atoms with Crippen LogP contribution in [0.4, 0.5) is 0 Å². The van der Waals surface area contributed by atoms with Crippen molar-refractivity contribution in [2.45, 2.75) is 66.2 Å². The minimum absolute atomic E-state index is 0.586. The smallest absolute Gasteiger partial charge is 0.0267 e. The summed E-state index contributed by atoms with van der Waals surface area (Å²) in [6, 6.07) is 0. The third-order valence-corrected chi connectivity index (χ3v) is 5.75. The topological polar surface area (TPSA) is 0 Å². The highest BCUT2D eigenvalue weighted by atomic mass is 14.5. The van der Waals surface area contributed by atoms with Crippen molar-refractivity contribution in [3.63, 3.8) is 0 Å². The van der Waals surface area contributed by atoms with Gasteiger partial charge in [0.05, 0.1) is 0 Å². The van der Waals surface area contributed by atoms with Gasteiger partial charge in [0, 0.05) is 0 Å². The lowest BCUT2D eigenvalue weighted by molar-refractivity contribution is -0.0626. The summed E-state index contributed by atoms with van der Waals surface area (Å²) in [6.45, 7) is 10.0. The highest BCUT2D eigenvalue weighted by molar-refractivity contribution is 4.99. The van der Waals surface area contributed by atoms with Gasteiger partial charge in [-0.3, -0.25) is 0 Å². The SMILES string of the molecule is C[C@@H]1C(C)(C)CCC2CCCC[C@]21C. The molecule has 1 unspecified atom stereocenters. The minimum atomic E-state index is 0.586. The van der Waals surface area contributed by atoms with Gasteiger partial charge in [-0.15, -0.1) is 0 Å². The lowest BCUT2D eigenvalue weighted by Crippen LogP contribution is -2.47. The zero-order chi connectivity index (χ0) is 10.4. The van der Waals surface area contributed by atoms with Crippen LogP contribution < -0.4 is 0 Å². The van der Waals surface area contributed by atoms with Crippen LogP contribution in [-0.4, -0.2) is 0 Å². The van der Waals surface area contributed by atoms with Crippen LogP contribution in [0.3, 0.4) is 0 Å². The Morgan fingerprint density at radius 1 is 0.929 bits per heavy atom. The molecule has 14 heavy (non-hydrogen) atoms. The molecule has 2 fully saturated rings. The Labute approximate surface area is 89.5 Å². The molecule has 0 radical (unpaired) electrons. The predicted octanol–water partition coefficient (Wildman–Crippen LogP) is 4.64. The number of hydrogen-bond acceptors (Lipinski definition) is 0. The second-order valence-electron chi connectivity index (χ2n) is 6.70. The van der Waals surface area contributed by atoms with Gasteiger partial charge >= 0.3 is 0 Å². The standard InChI is InChI=1S/C14H26/c1-11-13(2,3)10-8-12-7-5-6-9-14(11,12)4/h11-12H,5-10H2,1-4H3/t11-,12?,14+/m1/s1. The van der Waals surface area contributed by atoms with Crippen LogP contribution in [-0.2, 0) is 0 Å². The summed E-state index contributed by atoms with van der Waals surface area (Å²) in [4.78, 5) is 0. The van der Waals surface area contributed by atoms with E-state index >= 15 is 0 Å². The summed E-state index contributed by atoms with van der Waals surface area (Å²) in [5.41, 5.74) is 1.25. The van der Waals surface area contributed by atoms with E-state index in [0.717, 1.165) is 11.8 Å². The van der Waals surface area contributed by atoms with Crippen molar-refractivity contribution in [2.24, 2.45) is 22.7 Å². The first kappa shape index (κ1) is 10.5. The summed E-state index contributed by atoms with van der Waals surface area (Å²) in [6.07, 6.45) is 8.92. The molecule has 0 aromatic carbocycles. The van der Waals surface area contributed by atoms with Crippen LogP contribution in [0.15, 0.2) is 0 Å². The van der Waals surface area contributed by atoms with Crippen molar-refractivity contribution in [2.75, 3.05) is 0 Å². The fourth-order valence-electron chi connectivity index (χ4n) is 4.13. The summed E-state index contributed by atoms with van der Waals surface area (Å²) in [5, 5.41) is 0. The first-order chi connectivity index (χ1) is 6.47. The zero-order valence-electron chi connectivity index (χ0n) is 10.4. The molecule has 2 aliphatic rings. The van der Waals surface area contributed by atoms with Gasteiger partial charge in [0.1, 0.15) is 0 Å². The van der Waals surface area contributed by atoms with Crippen LogP contribution in [0, 0.1) is 22.7 Å². The van der Waals surface area contributed by atoms with E-state index in [1.165, 1.54) is 38.5 Å². The zero-order valence-corrected chi connectivity index (χ0v) is 10.4. The molecule has 2 saturated carbocycles. The normalized spacial score (nSPS) is 47.1. The maximum atomic E-state index is 2.57. The molecule has 2 rings (SSSR count). The van der Waals surface area contributed by atoms with Crippen molar-refractivity contribution in [1.82, 2.24) is 0 Å². The van der Waals surface area contributed by atoms with Crippen molar-refractivity contribution < 1.29 is 0 Å². The summed E-state index contributed by atoms with van der Waals surface area (Å²) in [7, 11) is 0. The Morgan fingerprint density at radius 3 is 2.36 bits per heavy atom. The lowest BCUT2D eigenvalue weighted by atomic mass is 9.49. The molecule has 0 spiro atoms. The van der Waals surface area contributed by atoms with Crippen LogP contribution in [0.5, 0.6) is 0 Å². The summed E-state index contributed by atoms with van der Waals surface area (Å²) >= 11 is 0. The molecule has 0 heteroatoms. The number of rotatable bonds is 0. The molecule has 0 bridgehead atoms. The summed E-state index contributed by atoms with van der Waals surface area (Å²) < 4.78 is 0. The Bertz CT molecular complexity index is 216. The van der Waals surface area contributed by atoms with Crippen LogP contribution in [0.2, 0.25) is 0 Å². The molecular formula is C14H26. The van der Waals surface area contributed by atoms with Gasteiger partial charge in [-0.05, 0) is 48.3 Å². The first-order valence-electron chi connectivity index (χ1n) is 6.47. The molecule has 82 valence electrons. The third kappa shape index (κ3) is 1.42. The van der Waals surface area contributed by atoms with Crippen LogP contribution >= 0.6 is 0 Å². The van der Waals surface area contributed by atoms with Gasteiger partial charge in [-0.2, -0.15) is 0 Å². The number of hydrogen-bond donors (Lipinski definition) is 0. The molecular weight excluding hydrogens is 168 g/mol. The van der Waals surface area contributed by atoms with Crippen molar-refractivity contribution in [3.8, 4) is 0 Å². The maximum Gasteiger partial charge on any atom is -0.0267 e. The highest BCUT2D eigenvalue weighted by Gasteiger charge is 2.49. The van der Waals surface area contributed by atoms with E-state index < -0.39 is 0 Å². The van der Waals surface area contributed by atoms with Crippen molar-refractivity contribution >= 4 is 0 Å². The van der Waals surface area contributed by atoms with Gasteiger partial charge in [0.25, 0.3) is 0 Å². The van der Waals surface area contributed by atoms with Crippen LogP contribution in [0.25, 0.3) is 0 Å². The van der Waals surface area contributed by atoms with E-state index in [0.29, 0.717) is 10.8 Å². The molecule has 0 aromatic heterocycles. The largest absolute Gasteiger partial charge is 0.0615 e. The molecule has 3 atom stereocenters. The minimum Gasteiger partial charge on any atom is -0.0615 e. The third-order valence-electron chi connectivity index (χ3n) is 5.75. The van der Waals surface area contributed by atoms with E-state index in [9.17, 15) is 0 Å². The molecule has 0 N–H and O–H groups in total.